The van der Waals surface area contributed by atoms with Crippen LogP contribution in [0.25, 0.3) is 5.69 Å². The summed E-state index contributed by atoms with van der Waals surface area (Å²) in [6.07, 6.45) is -0.777. The van der Waals surface area contributed by atoms with Crippen molar-refractivity contribution in [3.8, 4) is 5.69 Å². The van der Waals surface area contributed by atoms with Crippen LogP contribution in [-0.4, -0.2) is 43.3 Å². The molecule has 0 saturated carbocycles. The minimum Gasteiger partial charge on any atom is -0.352 e. The molecule has 3 aromatic rings. The summed E-state index contributed by atoms with van der Waals surface area (Å²) in [5.41, 5.74) is -0.694. The molecule has 0 aliphatic carbocycles. The monoisotopic (exact) mass is 480 g/mol. The van der Waals surface area contributed by atoms with Gasteiger partial charge in [0.15, 0.2) is 10.9 Å². The summed E-state index contributed by atoms with van der Waals surface area (Å²) in [6, 6.07) is 6.59. The lowest BCUT2D eigenvalue weighted by Crippen LogP contribution is -2.28. The van der Waals surface area contributed by atoms with Gasteiger partial charge in [-0.05, 0) is 37.1 Å². The van der Waals surface area contributed by atoms with Gasteiger partial charge in [-0.2, -0.15) is 18.3 Å². The second-order valence-corrected chi connectivity index (χ2v) is 8.84. The van der Waals surface area contributed by atoms with Crippen molar-refractivity contribution >= 4 is 17.7 Å². The standard InChI is InChI=1S/C22H27F3N6OS/c1-14(2)13-30-18(28-29-21(30)33-4)10-7-11-26-20(32)16-12-27-31(19(16)22(23,24)25)17-9-6-5-8-15(17)3/h5-6,8-9,12,14H,7,10-11,13H2,1-4H3,(H,26,32). The molecule has 2 aromatic heterocycles. The molecule has 0 spiro atoms. The fourth-order valence-electron chi connectivity index (χ4n) is 3.52. The number of alkyl halides is 3. The summed E-state index contributed by atoms with van der Waals surface area (Å²) >= 11 is 1.51. The van der Waals surface area contributed by atoms with Gasteiger partial charge in [-0.1, -0.05) is 43.8 Å². The van der Waals surface area contributed by atoms with E-state index in [1.807, 2.05) is 10.8 Å². The van der Waals surface area contributed by atoms with E-state index in [9.17, 15) is 18.0 Å². The van der Waals surface area contributed by atoms with Crippen molar-refractivity contribution < 1.29 is 18.0 Å². The van der Waals surface area contributed by atoms with E-state index < -0.39 is 23.3 Å². The van der Waals surface area contributed by atoms with Crippen molar-refractivity contribution in [1.82, 2.24) is 29.9 Å². The Morgan fingerprint density at radius 3 is 2.58 bits per heavy atom. The molecular weight excluding hydrogens is 453 g/mol. The van der Waals surface area contributed by atoms with Crippen molar-refractivity contribution in [1.29, 1.82) is 0 Å². The van der Waals surface area contributed by atoms with E-state index in [0.29, 0.717) is 24.3 Å². The van der Waals surface area contributed by atoms with E-state index >= 15 is 0 Å². The molecule has 3 rings (SSSR count). The van der Waals surface area contributed by atoms with Crippen LogP contribution in [0.5, 0.6) is 0 Å². The lowest BCUT2D eigenvalue weighted by Gasteiger charge is -2.14. The van der Waals surface area contributed by atoms with Crippen LogP contribution in [-0.2, 0) is 19.1 Å². The number of para-hydroxylation sites is 1. The number of hydrogen-bond donors (Lipinski definition) is 1. The van der Waals surface area contributed by atoms with Crippen LogP contribution in [0, 0.1) is 12.8 Å². The van der Waals surface area contributed by atoms with Crippen LogP contribution in [0.15, 0.2) is 35.6 Å². The molecule has 178 valence electrons. The van der Waals surface area contributed by atoms with E-state index in [2.05, 4.69) is 34.5 Å². The van der Waals surface area contributed by atoms with Crippen molar-refractivity contribution in [2.75, 3.05) is 12.8 Å². The summed E-state index contributed by atoms with van der Waals surface area (Å²) in [5.74, 6) is 0.400. The summed E-state index contributed by atoms with van der Waals surface area (Å²) in [4.78, 5) is 12.6. The van der Waals surface area contributed by atoms with Crippen LogP contribution in [0.2, 0.25) is 0 Å². The molecule has 11 heteroatoms. The highest BCUT2D eigenvalue weighted by Crippen LogP contribution is 2.34. The van der Waals surface area contributed by atoms with Gasteiger partial charge in [-0.25, -0.2) is 4.68 Å². The number of carbonyl (C=O) groups is 1. The van der Waals surface area contributed by atoms with Gasteiger partial charge in [0.2, 0.25) is 0 Å². The van der Waals surface area contributed by atoms with Crippen LogP contribution in [0.1, 0.15) is 47.7 Å². The van der Waals surface area contributed by atoms with Gasteiger partial charge in [0.1, 0.15) is 5.82 Å². The molecule has 0 fully saturated rings. The van der Waals surface area contributed by atoms with Crippen molar-refractivity contribution in [2.45, 2.75) is 51.5 Å². The number of rotatable bonds is 9. The average Bonchev–Trinajstić information content (AvgIpc) is 3.35. The minimum atomic E-state index is -4.74. The average molecular weight is 481 g/mol. The molecule has 1 amide bonds. The summed E-state index contributed by atoms with van der Waals surface area (Å²) in [7, 11) is 0. The van der Waals surface area contributed by atoms with E-state index in [0.717, 1.165) is 28.4 Å². The Kier molecular flexibility index (Phi) is 7.83. The Bertz CT molecular complexity index is 1110. The number of amides is 1. The van der Waals surface area contributed by atoms with Gasteiger partial charge in [-0.3, -0.25) is 4.79 Å². The normalized spacial score (nSPS) is 11.9. The number of thioether (sulfide) groups is 1. The first-order valence-corrected chi connectivity index (χ1v) is 11.8. The third-order valence-electron chi connectivity index (χ3n) is 5.01. The summed E-state index contributed by atoms with van der Waals surface area (Å²) in [6.45, 7) is 6.87. The second kappa shape index (κ2) is 10.4. The molecule has 1 aromatic carbocycles. The molecular formula is C22H27F3N6OS. The topological polar surface area (TPSA) is 77.6 Å². The fraction of sp³-hybridized carbons (Fsp3) is 0.455. The Hall–Kier alpha value is -2.82. The van der Waals surface area contributed by atoms with E-state index in [1.54, 1.807) is 25.1 Å². The molecule has 0 unspecified atom stereocenters. The van der Waals surface area contributed by atoms with Gasteiger partial charge in [-0.15, -0.1) is 10.2 Å². The predicted molar refractivity (Wildman–Crippen MR) is 121 cm³/mol. The van der Waals surface area contributed by atoms with E-state index in [1.165, 1.54) is 17.8 Å². The number of halogens is 3. The number of aromatic nitrogens is 5. The fourth-order valence-corrected chi connectivity index (χ4v) is 4.04. The molecule has 2 heterocycles. The Labute approximate surface area is 194 Å². The number of aryl methyl sites for hydroxylation is 2. The first-order valence-electron chi connectivity index (χ1n) is 10.6. The number of nitrogens with zero attached hydrogens (tertiary/aromatic N) is 5. The maximum Gasteiger partial charge on any atom is 0.434 e. The minimum absolute atomic E-state index is 0.203. The van der Waals surface area contributed by atoms with Crippen LogP contribution < -0.4 is 5.32 Å². The highest BCUT2D eigenvalue weighted by atomic mass is 32.2. The zero-order valence-corrected chi connectivity index (χ0v) is 19.8. The molecule has 0 saturated heterocycles. The van der Waals surface area contributed by atoms with Crippen molar-refractivity contribution in [3.05, 3.63) is 53.1 Å². The Morgan fingerprint density at radius 1 is 1.21 bits per heavy atom. The maximum atomic E-state index is 13.9. The third kappa shape index (κ3) is 5.76. The van der Waals surface area contributed by atoms with Crippen LogP contribution in [0.4, 0.5) is 13.2 Å². The molecule has 0 aliphatic heterocycles. The van der Waals surface area contributed by atoms with Gasteiger partial charge in [0, 0.05) is 19.5 Å². The van der Waals surface area contributed by atoms with Gasteiger partial charge in [0.25, 0.3) is 5.91 Å². The van der Waals surface area contributed by atoms with Crippen molar-refractivity contribution in [2.24, 2.45) is 5.92 Å². The molecule has 33 heavy (non-hydrogen) atoms. The predicted octanol–water partition coefficient (Wildman–Crippen LogP) is 4.53. The third-order valence-corrected chi connectivity index (χ3v) is 5.68. The van der Waals surface area contributed by atoms with E-state index in [4.69, 9.17) is 0 Å². The number of nitrogens with one attached hydrogen (secondary N) is 1. The van der Waals surface area contributed by atoms with Crippen LogP contribution in [0.3, 0.4) is 0 Å². The first kappa shape index (κ1) is 24.8. The zero-order chi connectivity index (χ0) is 24.2. The maximum absolute atomic E-state index is 13.9. The van der Waals surface area contributed by atoms with Crippen LogP contribution >= 0.6 is 11.8 Å². The lowest BCUT2D eigenvalue weighted by molar-refractivity contribution is -0.143. The molecule has 0 atom stereocenters. The Morgan fingerprint density at radius 2 is 1.94 bits per heavy atom. The molecule has 0 aliphatic rings. The first-order chi connectivity index (χ1) is 15.6. The largest absolute Gasteiger partial charge is 0.434 e. The molecule has 1 N–H and O–H groups in total. The highest BCUT2D eigenvalue weighted by Gasteiger charge is 2.40. The summed E-state index contributed by atoms with van der Waals surface area (Å²) in [5, 5.41) is 15.7. The highest BCUT2D eigenvalue weighted by molar-refractivity contribution is 7.98. The molecule has 0 bridgehead atoms. The smallest absolute Gasteiger partial charge is 0.352 e. The van der Waals surface area contributed by atoms with Gasteiger partial charge >= 0.3 is 6.18 Å². The second-order valence-electron chi connectivity index (χ2n) is 8.07. The Balaban J connectivity index is 1.71. The lowest BCUT2D eigenvalue weighted by atomic mass is 10.1. The van der Waals surface area contributed by atoms with E-state index in [-0.39, 0.29) is 12.2 Å². The van der Waals surface area contributed by atoms with Gasteiger partial charge in [0.05, 0.1) is 17.4 Å². The molecule has 0 radical (unpaired) electrons. The van der Waals surface area contributed by atoms with Crippen molar-refractivity contribution in [3.63, 3.8) is 0 Å². The zero-order valence-electron chi connectivity index (χ0n) is 19.0. The number of hydrogen-bond acceptors (Lipinski definition) is 5. The number of benzene rings is 1. The van der Waals surface area contributed by atoms with Gasteiger partial charge < -0.3 is 9.88 Å². The quantitative estimate of drug-likeness (QED) is 0.360. The SMILES string of the molecule is CSc1nnc(CCCNC(=O)c2cnn(-c3ccccc3C)c2C(F)(F)F)n1CC(C)C. The molecule has 7 nitrogen and oxygen atoms in total. The number of carbonyl (C=O) groups excluding carboxylic acids is 1. The summed E-state index contributed by atoms with van der Waals surface area (Å²) < 4.78 is 44.4.